The number of carbonyl (C=O) groups excluding carboxylic acids is 1. The molecular weight excluding hydrogens is 1240 g/mol. The van der Waals surface area contributed by atoms with Crippen molar-refractivity contribution in [2.45, 2.75) is 349 Å². The fraction of sp³-hybridized carbons (Fsp3) is 0.756. The number of aliphatic hydroxyl groups excluding tert-OH is 11. The lowest BCUT2D eigenvalue weighted by Gasteiger charge is -2.48. The van der Waals surface area contributed by atoms with Gasteiger partial charge in [0.2, 0.25) is 5.91 Å². The lowest BCUT2D eigenvalue weighted by molar-refractivity contribution is -0.379. The van der Waals surface area contributed by atoms with E-state index >= 15 is 0 Å². The van der Waals surface area contributed by atoms with Crippen LogP contribution in [0.4, 0.5) is 0 Å². The van der Waals surface area contributed by atoms with Gasteiger partial charge in [-0.05, 0) is 83.5 Å². The molecule has 19 nitrogen and oxygen atoms in total. The molecule has 3 rings (SSSR count). The van der Waals surface area contributed by atoms with Crippen LogP contribution in [0.3, 0.4) is 0 Å². The Bertz CT molecular complexity index is 2180. The molecule has 0 radical (unpaired) electrons. The van der Waals surface area contributed by atoms with Gasteiger partial charge < -0.3 is 89.9 Å². The second-order valence-electron chi connectivity index (χ2n) is 26.4. The summed E-state index contributed by atoms with van der Waals surface area (Å²) in [5, 5.41) is 121. The first-order chi connectivity index (χ1) is 47.3. The predicted octanol–water partition coefficient (Wildman–Crippen LogP) is 11.4. The average molecular weight is 1370 g/mol. The van der Waals surface area contributed by atoms with Crippen LogP contribution in [0, 0.1) is 0 Å². The molecule has 97 heavy (non-hydrogen) atoms. The molecule has 12 N–H and O–H groups in total. The van der Waals surface area contributed by atoms with Crippen LogP contribution in [0.15, 0.2) is 109 Å². The molecule has 0 aromatic heterocycles. The van der Waals surface area contributed by atoms with Crippen LogP contribution in [-0.2, 0) is 33.2 Å². The summed E-state index contributed by atoms with van der Waals surface area (Å²) in [7, 11) is 0. The third kappa shape index (κ3) is 38.9. The number of hydrogen-bond donors (Lipinski definition) is 12. The summed E-state index contributed by atoms with van der Waals surface area (Å²) in [5.74, 6) is -0.293. The van der Waals surface area contributed by atoms with E-state index in [0.29, 0.717) is 6.42 Å². The zero-order valence-electron chi connectivity index (χ0n) is 59.3. The van der Waals surface area contributed by atoms with E-state index in [4.69, 9.17) is 28.4 Å². The summed E-state index contributed by atoms with van der Waals surface area (Å²) >= 11 is 0. The van der Waals surface area contributed by atoms with Crippen LogP contribution in [0.1, 0.15) is 245 Å². The smallest absolute Gasteiger partial charge is 0.220 e. The Kier molecular flexibility index (Phi) is 52.4. The van der Waals surface area contributed by atoms with E-state index in [9.17, 15) is 61.0 Å². The number of unbranched alkanes of at least 4 members (excludes halogenated alkanes) is 25. The Hall–Kier alpha value is -3.55. The van der Waals surface area contributed by atoms with Gasteiger partial charge in [-0.25, -0.2) is 0 Å². The second-order valence-corrected chi connectivity index (χ2v) is 26.4. The van der Waals surface area contributed by atoms with E-state index < -0.39 is 124 Å². The highest BCUT2D eigenvalue weighted by molar-refractivity contribution is 5.76. The molecular formula is C78H133NO18. The van der Waals surface area contributed by atoms with Crippen molar-refractivity contribution in [1.82, 2.24) is 5.32 Å². The van der Waals surface area contributed by atoms with E-state index in [1.165, 1.54) is 103 Å². The molecule has 0 saturated carbocycles. The molecule has 0 aliphatic carbocycles. The van der Waals surface area contributed by atoms with E-state index in [1.807, 2.05) is 6.08 Å². The van der Waals surface area contributed by atoms with Crippen LogP contribution in [0.2, 0.25) is 0 Å². The summed E-state index contributed by atoms with van der Waals surface area (Å²) in [4.78, 5) is 13.4. The zero-order valence-corrected chi connectivity index (χ0v) is 59.3. The molecule has 1 amide bonds. The van der Waals surface area contributed by atoms with Gasteiger partial charge in [0.05, 0.1) is 38.6 Å². The fourth-order valence-electron chi connectivity index (χ4n) is 12.0. The Morgan fingerprint density at radius 3 is 1.11 bits per heavy atom. The Morgan fingerprint density at radius 1 is 0.381 bits per heavy atom. The monoisotopic (exact) mass is 1370 g/mol. The van der Waals surface area contributed by atoms with Gasteiger partial charge in [0, 0.05) is 6.42 Å². The van der Waals surface area contributed by atoms with Crippen molar-refractivity contribution < 1.29 is 89.4 Å². The second kappa shape index (κ2) is 58.0. The summed E-state index contributed by atoms with van der Waals surface area (Å²) in [6.07, 6.45) is 51.9. The number of allylic oxidation sites excluding steroid dienone is 17. The number of ether oxygens (including phenoxy) is 6. The van der Waals surface area contributed by atoms with E-state index in [1.54, 1.807) is 6.08 Å². The minimum Gasteiger partial charge on any atom is -0.394 e. The summed E-state index contributed by atoms with van der Waals surface area (Å²) in [6, 6.07) is -0.990. The number of amides is 1. The van der Waals surface area contributed by atoms with Gasteiger partial charge >= 0.3 is 0 Å². The van der Waals surface area contributed by atoms with Gasteiger partial charge in [0.1, 0.15) is 73.2 Å². The lowest BCUT2D eigenvalue weighted by atomic mass is 9.96. The van der Waals surface area contributed by atoms with Crippen molar-refractivity contribution in [3.8, 4) is 0 Å². The molecule has 558 valence electrons. The molecule has 0 aromatic carbocycles. The van der Waals surface area contributed by atoms with Crippen LogP contribution in [0.25, 0.3) is 0 Å². The first-order valence-electron chi connectivity index (χ1n) is 37.6. The van der Waals surface area contributed by atoms with E-state index in [-0.39, 0.29) is 18.9 Å². The SMILES string of the molecule is CC/C=C\C/C=C\C/C=C\C/C=C\C/C=C\C/C=C\C/C=C\C/C=C\CCCCCCCCC(=O)NC(COC1OC(CO)C(OC2OC(CO)C(OC3OC(CO)C(O)C(O)C3O)C(O)C2O)C(O)C1O)C(O)/C=C/CCCCCCCCCCCCCCCCCCCCC. The van der Waals surface area contributed by atoms with Gasteiger partial charge in [-0.15, -0.1) is 0 Å². The molecule has 19 heteroatoms. The van der Waals surface area contributed by atoms with Crippen molar-refractivity contribution >= 4 is 5.91 Å². The molecule has 3 aliphatic rings. The minimum atomic E-state index is -1.99. The van der Waals surface area contributed by atoms with Crippen molar-refractivity contribution in [3.63, 3.8) is 0 Å². The Balaban J connectivity index is 1.42. The third-order valence-corrected chi connectivity index (χ3v) is 18.1. The molecule has 17 unspecified atom stereocenters. The topological polar surface area (TPSA) is 307 Å². The highest BCUT2D eigenvalue weighted by Gasteiger charge is 2.53. The molecule has 17 atom stereocenters. The van der Waals surface area contributed by atoms with Crippen LogP contribution in [0.5, 0.6) is 0 Å². The third-order valence-electron chi connectivity index (χ3n) is 18.1. The van der Waals surface area contributed by atoms with Crippen LogP contribution >= 0.6 is 0 Å². The maximum Gasteiger partial charge on any atom is 0.220 e. The van der Waals surface area contributed by atoms with Gasteiger partial charge in [0.25, 0.3) is 0 Å². The zero-order chi connectivity index (χ0) is 70.4. The maximum absolute atomic E-state index is 13.4. The number of hydrogen-bond acceptors (Lipinski definition) is 18. The Morgan fingerprint density at radius 2 is 0.711 bits per heavy atom. The first-order valence-corrected chi connectivity index (χ1v) is 37.6. The molecule has 0 spiro atoms. The quantitative estimate of drug-likeness (QED) is 0.0199. The highest BCUT2D eigenvalue weighted by atomic mass is 16.8. The normalized spacial score (nSPS) is 27.5. The fourth-order valence-corrected chi connectivity index (χ4v) is 12.0. The van der Waals surface area contributed by atoms with E-state index in [2.05, 4.69) is 116 Å². The summed E-state index contributed by atoms with van der Waals surface area (Å²) in [5.41, 5.74) is 0. The van der Waals surface area contributed by atoms with Crippen molar-refractivity contribution in [2.75, 3.05) is 26.4 Å². The molecule has 3 aliphatic heterocycles. The Labute approximate surface area is 583 Å². The standard InChI is InChI=1S/C78H133NO18/c1-3-5-7-9-11-13-15-17-19-21-23-25-26-27-28-29-30-31-32-33-34-36-38-40-42-44-46-48-50-52-54-56-66(84)79-61(62(83)55-53-51-49-47-45-43-41-39-37-35-24-22-20-18-16-14-12-10-8-6-4-2)60-92-76-72(90)69(87)74(64(58-81)94-76)97-78-73(91)70(88)75(65(59-82)95-78)96-77-71(89)68(86)67(85)63(57-80)93-77/h5,7,11,13,17,19,23,25,27-28,30-31,33-34,38,40,53,55,61-65,67-78,80-83,85-91H,3-4,6,8-10,12,14-16,18,20-22,24,26,29,32,35-37,39,41-52,54,56-60H2,1-2H3,(H,79,84)/b7-5-,13-11-,19-17-,25-23-,28-27-,31-30-,34-33-,40-38-,55-53+. The number of carbonyl (C=O) groups is 1. The van der Waals surface area contributed by atoms with Crippen LogP contribution in [-0.4, -0.2) is 193 Å². The number of nitrogens with one attached hydrogen (secondary N) is 1. The predicted molar refractivity (Wildman–Crippen MR) is 383 cm³/mol. The van der Waals surface area contributed by atoms with Crippen molar-refractivity contribution in [1.29, 1.82) is 0 Å². The van der Waals surface area contributed by atoms with Crippen molar-refractivity contribution in [3.05, 3.63) is 109 Å². The lowest BCUT2D eigenvalue weighted by Crippen LogP contribution is -2.66. The van der Waals surface area contributed by atoms with Crippen LogP contribution < -0.4 is 5.32 Å². The maximum atomic E-state index is 13.4. The van der Waals surface area contributed by atoms with E-state index in [0.717, 1.165) is 116 Å². The summed E-state index contributed by atoms with van der Waals surface area (Å²) in [6.45, 7) is 1.61. The highest BCUT2D eigenvalue weighted by Crippen LogP contribution is 2.33. The molecule has 0 aromatic rings. The van der Waals surface area contributed by atoms with Gasteiger partial charge in [-0.2, -0.15) is 0 Å². The van der Waals surface area contributed by atoms with Crippen molar-refractivity contribution in [2.24, 2.45) is 0 Å². The first kappa shape index (κ1) is 87.7. The van der Waals surface area contributed by atoms with Gasteiger partial charge in [0.15, 0.2) is 18.9 Å². The number of aliphatic hydroxyl groups is 11. The van der Waals surface area contributed by atoms with Gasteiger partial charge in [-0.1, -0.05) is 264 Å². The largest absolute Gasteiger partial charge is 0.394 e. The molecule has 0 bridgehead atoms. The molecule has 3 heterocycles. The summed E-state index contributed by atoms with van der Waals surface area (Å²) < 4.78 is 34.4. The average Bonchev–Trinajstić information content (AvgIpc) is 0.798. The van der Waals surface area contributed by atoms with Gasteiger partial charge in [-0.3, -0.25) is 4.79 Å². The minimum absolute atomic E-state index is 0.219. The number of rotatable bonds is 57. The molecule has 3 fully saturated rings. The molecule has 3 saturated heterocycles.